The minimum Gasteiger partial charge on any atom is -0.310 e. The van der Waals surface area contributed by atoms with E-state index in [0.717, 1.165) is 24.2 Å². The minimum absolute atomic E-state index is 0.731. The van der Waals surface area contributed by atoms with Crippen LogP contribution in [0.4, 0.5) is 0 Å². The van der Waals surface area contributed by atoms with Crippen molar-refractivity contribution in [1.29, 1.82) is 0 Å². The highest BCUT2D eigenvalue weighted by atomic mass is 15.3. The summed E-state index contributed by atoms with van der Waals surface area (Å²) >= 11 is 0. The van der Waals surface area contributed by atoms with Crippen LogP contribution in [0.3, 0.4) is 0 Å². The molecule has 1 N–H and O–H groups in total. The first-order valence-corrected chi connectivity index (χ1v) is 6.47. The van der Waals surface area contributed by atoms with Gasteiger partial charge in [-0.1, -0.05) is 0 Å². The van der Waals surface area contributed by atoms with Crippen LogP contribution in [0.1, 0.15) is 26.7 Å². The predicted octanol–water partition coefficient (Wildman–Crippen LogP) is 0.515. The zero-order chi connectivity index (χ0) is 10.4. The maximum Gasteiger partial charge on any atom is 0.0321 e. The third kappa shape index (κ3) is 1.93. The molecular formula is C12H23N3. The molecule has 3 aliphatic heterocycles. The molecule has 3 unspecified atom stereocenters. The number of hydrogen-bond donors (Lipinski definition) is 1. The van der Waals surface area contributed by atoms with E-state index in [1.165, 1.54) is 39.0 Å². The lowest BCUT2D eigenvalue weighted by molar-refractivity contribution is 0.0501. The zero-order valence-electron chi connectivity index (χ0n) is 9.95. The van der Waals surface area contributed by atoms with Crippen LogP contribution in [0, 0.1) is 0 Å². The van der Waals surface area contributed by atoms with E-state index in [0.29, 0.717) is 0 Å². The van der Waals surface area contributed by atoms with E-state index in [1.54, 1.807) is 0 Å². The average Bonchev–Trinajstić information content (AvgIpc) is 2.94. The molecule has 15 heavy (non-hydrogen) atoms. The van der Waals surface area contributed by atoms with E-state index >= 15 is 0 Å². The first-order valence-electron chi connectivity index (χ1n) is 6.47. The van der Waals surface area contributed by atoms with E-state index in [9.17, 15) is 0 Å². The van der Waals surface area contributed by atoms with Gasteiger partial charge in [-0.05, 0) is 26.7 Å². The van der Waals surface area contributed by atoms with Crippen molar-refractivity contribution in [1.82, 2.24) is 15.1 Å². The smallest absolute Gasteiger partial charge is 0.0321 e. The molecular weight excluding hydrogens is 186 g/mol. The van der Waals surface area contributed by atoms with Crippen LogP contribution in [0.25, 0.3) is 0 Å². The number of hydrogen-bond acceptors (Lipinski definition) is 3. The molecule has 86 valence electrons. The van der Waals surface area contributed by atoms with Gasteiger partial charge in [0.2, 0.25) is 0 Å². The molecule has 3 heterocycles. The fourth-order valence-corrected chi connectivity index (χ4v) is 3.21. The maximum absolute atomic E-state index is 3.43. The van der Waals surface area contributed by atoms with E-state index in [-0.39, 0.29) is 0 Å². The molecule has 0 aliphatic carbocycles. The molecule has 0 aromatic heterocycles. The summed E-state index contributed by atoms with van der Waals surface area (Å²) in [5.74, 6) is 0. The average molecular weight is 209 g/mol. The Balaban J connectivity index is 1.64. The molecule has 0 aromatic carbocycles. The summed E-state index contributed by atoms with van der Waals surface area (Å²) in [6.07, 6.45) is 2.86. The van der Waals surface area contributed by atoms with Gasteiger partial charge in [0.15, 0.2) is 0 Å². The maximum atomic E-state index is 3.43. The van der Waals surface area contributed by atoms with Gasteiger partial charge in [0.1, 0.15) is 0 Å². The van der Waals surface area contributed by atoms with Crippen LogP contribution in [-0.4, -0.2) is 60.1 Å². The lowest BCUT2D eigenvalue weighted by Crippen LogP contribution is -2.56. The van der Waals surface area contributed by atoms with Gasteiger partial charge >= 0.3 is 0 Å². The third-order valence-electron chi connectivity index (χ3n) is 4.32. The van der Waals surface area contributed by atoms with Gasteiger partial charge in [-0.2, -0.15) is 0 Å². The Morgan fingerprint density at radius 2 is 1.80 bits per heavy atom. The standard InChI is InChI=1S/C12H23N3/c1-9(2)14-7-11-3-4-12(8-14)15(11)6-10-5-13-10/h9-13H,3-8H2,1-2H3. The van der Waals surface area contributed by atoms with Crippen molar-refractivity contribution in [3.63, 3.8) is 0 Å². The molecule has 3 atom stereocenters. The molecule has 3 nitrogen and oxygen atoms in total. The summed E-state index contributed by atoms with van der Waals surface area (Å²) in [5.41, 5.74) is 0. The topological polar surface area (TPSA) is 28.4 Å². The first kappa shape index (κ1) is 10.1. The Hall–Kier alpha value is -0.120. The molecule has 0 aromatic rings. The number of rotatable bonds is 3. The van der Waals surface area contributed by atoms with E-state index < -0.39 is 0 Å². The molecule has 0 spiro atoms. The predicted molar refractivity (Wildman–Crippen MR) is 62.0 cm³/mol. The van der Waals surface area contributed by atoms with Gasteiger partial charge < -0.3 is 5.32 Å². The van der Waals surface area contributed by atoms with Crippen LogP contribution >= 0.6 is 0 Å². The van der Waals surface area contributed by atoms with Crippen molar-refractivity contribution in [3.05, 3.63) is 0 Å². The van der Waals surface area contributed by atoms with E-state index in [1.807, 2.05) is 0 Å². The molecule has 3 saturated heterocycles. The number of fused-ring (bicyclic) bond motifs is 2. The fourth-order valence-electron chi connectivity index (χ4n) is 3.21. The van der Waals surface area contributed by atoms with Gasteiger partial charge in [0.05, 0.1) is 0 Å². The van der Waals surface area contributed by atoms with Crippen molar-refractivity contribution in [2.45, 2.75) is 50.9 Å². The van der Waals surface area contributed by atoms with E-state index in [4.69, 9.17) is 0 Å². The minimum atomic E-state index is 0.731. The van der Waals surface area contributed by atoms with Crippen LogP contribution < -0.4 is 5.32 Å². The van der Waals surface area contributed by atoms with Gasteiger partial charge in [-0.25, -0.2) is 0 Å². The van der Waals surface area contributed by atoms with E-state index in [2.05, 4.69) is 29.0 Å². The Labute approximate surface area is 92.8 Å². The molecule has 3 fully saturated rings. The number of nitrogens with one attached hydrogen (secondary N) is 1. The summed E-state index contributed by atoms with van der Waals surface area (Å²) < 4.78 is 0. The summed E-state index contributed by atoms with van der Waals surface area (Å²) in [6.45, 7) is 9.84. The quantitative estimate of drug-likeness (QED) is 0.687. The molecule has 3 heteroatoms. The highest BCUT2D eigenvalue weighted by Gasteiger charge is 2.42. The lowest BCUT2D eigenvalue weighted by atomic mass is 10.1. The van der Waals surface area contributed by atoms with Gasteiger partial charge in [-0.15, -0.1) is 0 Å². The van der Waals surface area contributed by atoms with Gasteiger partial charge in [-0.3, -0.25) is 9.80 Å². The highest BCUT2D eigenvalue weighted by molar-refractivity contribution is 5.00. The zero-order valence-corrected chi connectivity index (χ0v) is 9.95. The van der Waals surface area contributed by atoms with Crippen LogP contribution in [-0.2, 0) is 0 Å². The second-order valence-electron chi connectivity index (χ2n) is 5.73. The molecule has 0 amide bonds. The summed E-state index contributed by atoms with van der Waals surface area (Å²) in [6, 6.07) is 3.26. The molecule has 3 rings (SSSR count). The monoisotopic (exact) mass is 209 g/mol. The first-order chi connectivity index (χ1) is 7.24. The Bertz CT molecular complexity index is 223. The summed E-state index contributed by atoms with van der Waals surface area (Å²) in [4.78, 5) is 5.45. The van der Waals surface area contributed by atoms with Gasteiger partial charge in [0, 0.05) is 50.3 Å². The molecule has 3 aliphatic rings. The second-order valence-corrected chi connectivity index (χ2v) is 5.73. The molecule has 2 bridgehead atoms. The van der Waals surface area contributed by atoms with Crippen molar-refractivity contribution >= 4 is 0 Å². The Morgan fingerprint density at radius 3 is 2.27 bits per heavy atom. The van der Waals surface area contributed by atoms with Crippen LogP contribution in [0.2, 0.25) is 0 Å². The SMILES string of the molecule is CC(C)N1CC2CCC(C1)N2CC1CN1. The largest absolute Gasteiger partial charge is 0.310 e. The molecule has 0 saturated carbocycles. The van der Waals surface area contributed by atoms with Crippen molar-refractivity contribution < 1.29 is 0 Å². The number of likely N-dealkylation sites (tertiary alicyclic amines) is 1. The summed E-state index contributed by atoms with van der Waals surface area (Å²) in [7, 11) is 0. The second kappa shape index (κ2) is 3.72. The van der Waals surface area contributed by atoms with Gasteiger partial charge in [0.25, 0.3) is 0 Å². The normalized spacial score (nSPS) is 41.4. The fraction of sp³-hybridized carbons (Fsp3) is 1.00. The Morgan fingerprint density at radius 1 is 1.20 bits per heavy atom. The van der Waals surface area contributed by atoms with Crippen molar-refractivity contribution in [3.8, 4) is 0 Å². The number of piperazine rings is 1. The Kier molecular flexibility index (Phi) is 2.49. The lowest BCUT2D eigenvalue weighted by Gasteiger charge is -2.42. The van der Waals surface area contributed by atoms with Crippen molar-refractivity contribution in [2.24, 2.45) is 0 Å². The van der Waals surface area contributed by atoms with Crippen LogP contribution in [0.5, 0.6) is 0 Å². The third-order valence-corrected chi connectivity index (χ3v) is 4.32. The summed E-state index contributed by atoms with van der Waals surface area (Å²) in [5, 5.41) is 3.43. The molecule has 0 radical (unpaired) electrons. The van der Waals surface area contributed by atoms with Crippen molar-refractivity contribution in [2.75, 3.05) is 26.2 Å². The number of nitrogens with zero attached hydrogens (tertiary/aromatic N) is 2. The van der Waals surface area contributed by atoms with Crippen LogP contribution in [0.15, 0.2) is 0 Å². The highest BCUT2D eigenvalue weighted by Crippen LogP contribution is 2.31.